The summed E-state index contributed by atoms with van der Waals surface area (Å²) in [6.45, 7) is 3.27. The summed E-state index contributed by atoms with van der Waals surface area (Å²) in [5.74, 6) is 0. The molecule has 0 aromatic carbocycles. The third-order valence-corrected chi connectivity index (χ3v) is 3.06. The Bertz CT molecular complexity index is 211. The number of hydrogen-bond donors (Lipinski definition) is 0. The minimum Gasteiger partial charge on any atom is -0.453 e. The fraction of sp³-hybridized carbons (Fsp3) is 0.889. The standard InChI is InChI=1S/C9H15NO3/c1-12-8(11)10-4-2-9(6-10)3-5-13-7-9/h2-7H2,1H3. The molecular formula is C9H15NO3. The van der Waals surface area contributed by atoms with Crippen LogP contribution in [0.4, 0.5) is 4.79 Å². The Morgan fingerprint density at radius 3 is 3.00 bits per heavy atom. The summed E-state index contributed by atoms with van der Waals surface area (Å²) in [5.41, 5.74) is 0.244. The van der Waals surface area contributed by atoms with Crippen LogP contribution in [-0.4, -0.2) is 44.4 Å². The van der Waals surface area contributed by atoms with Gasteiger partial charge in [0, 0.05) is 25.1 Å². The first-order valence-corrected chi connectivity index (χ1v) is 4.66. The van der Waals surface area contributed by atoms with Crippen molar-refractivity contribution in [1.29, 1.82) is 0 Å². The third kappa shape index (κ3) is 1.50. The molecule has 0 radical (unpaired) electrons. The number of rotatable bonds is 0. The highest BCUT2D eigenvalue weighted by Crippen LogP contribution is 2.38. The molecule has 1 spiro atoms. The van der Waals surface area contributed by atoms with Gasteiger partial charge in [0.05, 0.1) is 13.7 Å². The van der Waals surface area contributed by atoms with Crippen LogP contribution in [0.15, 0.2) is 0 Å². The van der Waals surface area contributed by atoms with Crippen LogP contribution < -0.4 is 0 Å². The molecule has 4 heteroatoms. The van der Waals surface area contributed by atoms with E-state index in [0.717, 1.165) is 39.1 Å². The van der Waals surface area contributed by atoms with E-state index in [2.05, 4.69) is 4.74 Å². The Morgan fingerprint density at radius 2 is 2.38 bits per heavy atom. The SMILES string of the molecule is COC(=O)N1CCC2(CCOC2)C1. The maximum atomic E-state index is 11.2. The largest absolute Gasteiger partial charge is 0.453 e. The number of carbonyl (C=O) groups excluding carboxylic acids is 1. The van der Waals surface area contributed by atoms with Gasteiger partial charge < -0.3 is 14.4 Å². The van der Waals surface area contributed by atoms with Crippen molar-refractivity contribution in [3.63, 3.8) is 0 Å². The van der Waals surface area contributed by atoms with E-state index in [9.17, 15) is 4.79 Å². The summed E-state index contributed by atoms with van der Waals surface area (Å²) in [6, 6.07) is 0. The molecule has 2 heterocycles. The lowest BCUT2D eigenvalue weighted by molar-refractivity contribution is 0.121. The van der Waals surface area contributed by atoms with Crippen molar-refractivity contribution >= 4 is 6.09 Å². The van der Waals surface area contributed by atoms with Crippen molar-refractivity contribution in [2.45, 2.75) is 12.8 Å². The van der Waals surface area contributed by atoms with E-state index in [1.54, 1.807) is 4.90 Å². The molecule has 4 nitrogen and oxygen atoms in total. The number of carbonyl (C=O) groups is 1. The number of ether oxygens (including phenoxy) is 2. The lowest BCUT2D eigenvalue weighted by Crippen LogP contribution is -2.32. The average Bonchev–Trinajstić information content (AvgIpc) is 2.76. The van der Waals surface area contributed by atoms with Gasteiger partial charge in [-0.15, -0.1) is 0 Å². The summed E-state index contributed by atoms with van der Waals surface area (Å²) in [7, 11) is 1.43. The zero-order valence-corrected chi connectivity index (χ0v) is 7.91. The lowest BCUT2D eigenvalue weighted by Gasteiger charge is -2.20. The van der Waals surface area contributed by atoms with Crippen molar-refractivity contribution in [2.24, 2.45) is 5.41 Å². The van der Waals surface area contributed by atoms with Gasteiger partial charge in [-0.1, -0.05) is 0 Å². The van der Waals surface area contributed by atoms with E-state index in [4.69, 9.17) is 4.74 Å². The van der Waals surface area contributed by atoms with Crippen molar-refractivity contribution < 1.29 is 14.3 Å². The highest BCUT2D eigenvalue weighted by atomic mass is 16.5. The molecule has 0 N–H and O–H groups in total. The van der Waals surface area contributed by atoms with Crippen LogP contribution in [0.25, 0.3) is 0 Å². The zero-order valence-electron chi connectivity index (χ0n) is 7.91. The summed E-state index contributed by atoms with van der Waals surface area (Å²) < 4.78 is 10.0. The Kier molecular flexibility index (Phi) is 2.15. The van der Waals surface area contributed by atoms with Crippen molar-refractivity contribution in [3.8, 4) is 0 Å². The molecule has 0 aromatic rings. The molecule has 1 unspecified atom stereocenters. The molecule has 2 aliphatic heterocycles. The summed E-state index contributed by atoms with van der Waals surface area (Å²) in [5, 5.41) is 0. The summed E-state index contributed by atoms with van der Waals surface area (Å²) in [4.78, 5) is 13.0. The number of likely N-dealkylation sites (tertiary alicyclic amines) is 1. The molecular weight excluding hydrogens is 170 g/mol. The Morgan fingerprint density at radius 1 is 1.54 bits per heavy atom. The minimum atomic E-state index is -0.205. The van der Waals surface area contributed by atoms with Crippen LogP contribution in [0.5, 0.6) is 0 Å². The number of hydrogen-bond acceptors (Lipinski definition) is 3. The van der Waals surface area contributed by atoms with Gasteiger partial charge in [-0.05, 0) is 12.8 Å². The molecule has 0 saturated carbocycles. The third-order valence-electron chi connectivity index (χ3n) is 3.06. The molecule has 74 valence electrons. The van der Waals surface area contributed by atoms with Gasteiger partial charge in [-0.3, -0.25) is 0 Å². The Balaban J connectivity index is 1.96. The second kappa shape index (κ2) is 3.18. The van der Waals surface area contributed by atoms with E-state index < -0.39 is 0 Å². The molecule has 2 fully saturated rings. The average molecular weight is 185 g/mol. The topological polar surface area (TPSA) is 38.8 Å². The monoisotopic (exact) mass is 185 g/mol. The summed E-state index contributed by atoms with van der Waals surface area (Å²) >= 11 is 0. The summed E-state index contributed by atoms with van der Waals surface area (Å²) in [6.07, 6.45) is 1.94. The number of methoxy groups -OCH3 is 1. The fourth-order valence-electron chi connectivity index (χ4n) is 2.19. The molecule has 2 aliphatic rings. The maximum Gasteiger partial charge on any atom is 0.409 e. The Labute approximate surface area is 77.8 Å². The van der Waals surface area contributed by atoms with Crippen LogP contribution in [0.2, 0.25) is 0 Å². The first kappa shape index (κ1) is 8.81. The maximum absolute atomic E-state index is 11.2. The van der Waals surface area contributed by atoms with E-state index >= 15 is 0 Å². The van der Waals surface area contributed by atoms with Crippen LogP contribution in [0, 0.1) is 5.41 Å². The molecule has 1 atom stereocenters. The van der Waals surface area contributed by atoms with Crippen LogP contribution in [0.3, 0.4) is 0 Å². The molecule has 2 saturated heterocycles. The first-order valence-electron chi connectivity index (χ1n) is 4.66. The zero-order chi connectivity index (χ0) is 9.31. The smallest absolute Gasteiger partial charge is 0.409 e. The lowest BCUT2D eigenvalue weighted by atomic mass is 9.87. The number of amides is 1. The minimum absolute atomic E-state index is 0.205. The van der Waals surface area contributed by atoms with Crippen molar-refractivity contribution in [3.05, 3.63) is 0 Å². The van der Waals surface area contributed by atoms with Crippen LogP contribution >= 0.6 is 0 Å². The van der Waals surface area contributed by atoms with E-state index in [1.165, 1.54) is 7.11 Å². The molecule has 0 aromatic heterocycles. The predicted octanol–water partition coefficient (Wildman–Crippen LogP) is 0.865. The van der Waals surface area contributed by atoms with Gasteiger partial charge in [-0.2, -0.15) is 0 Å². The highest BCUT2D eigenvalue weighted by Gasteiger charge is 2.42. The van der Waals surface area contributed by atoms with E-state index in [-0.39, 0.29) is 11.5 Å². The van der Waals surface area contributed by atoms with Gasteiger partial charge in [0.15, 0.2) is 0 Å². The molecule has 2 rings (SSSR count). The van der Waals surface area contributed by atoms with Gasteiger partial charge in [0.1, 0.15) is 0 Å². The Hall–Kier alpha value is -0.770. The molecule has 13 heavy (non-hydrogen) atoms. The van der Waals surface area contributed by atoms with Crippen LogP contribution in [0.1, 0.15) is 12.8 Å². The van der Waals surface area contributed by atoms with E-state index in [1.807, 2.05) is 0 Å². The van der Waals surface area contributed by atoms with Gasteiger partial charge in [0.25, 0.3) is 0 Å². The van der Waals surface area contributed by atoms with Gasteiger partial charge in [0.2, 0.25) is 0 Å². The second-order valence-corrected chi connectivity index (χ2v) is 3.94. The van der Waals surface area contributed by atoms with Crippen LogP contribution in [-0.2, 0) is 9.47 Å². The molecule has 1 amide bonds. The molecule has 0 bridgehead atoms. The first-order chi connectivity index (χ1) is 6.26. The quantitative estimate of drug-likeness (QED) is 0.562. The van der Waals surface area contributed by atoms with E-state index in [0.29, 0.717) is 0 Å². The van der Waals surface area contributed by atoms with Gasteiger partial charge >= 0.3 is 6.09 Å². The number of nitrogens with zero attached hydrogens (tertiary/aromatic N) is 1. The van der Waals surface area contributed by atoms with Crippen molar-refractivity contribution in [1.82, 2.24) is 4.90 Å². The second-order valence-electron chi connectivity index (χ2n) is 3.94. The predicted molar refractivity (Wildman–Crippen MR) is 46.5 cm³/mol. The van der Waals surface area contributed by atoms with Crippen molar-refractivity contribution in [2.75, 3.05) is 33.4 Å². The molecule has 0 aliphatic carbocycles. The normalized spacial score (nSPS) is 32.8. The highest BCUT2D eigenvalue weighted by molar-refractivity contribution is 5.67. The van der Waals surface area contributed by atoms with Gasteiger partial charge in [-0.25, -0.2) is 4.79 Å². The fourth-order valence-corrected chi connectivity index (χ4v) is 2.19.